The summed E-state index contributed by atoms with van der Waals surface area (Å²) in [5.74, 6) is -0.726. The Kier molecular flexibility index (Phi) is 6.92. The molecule has 0 aliphatic heterocycles. The predicted molar refractivity (Wildman–Crippen MR) is 124 cm³/mol. The predicted octanol–water partition coefficient (Wildman–Crippen LogP) is 5.17. The Hall–Kier alpha value is -2.95. The van der Waals surface area contributed by atoms with Gasteiger partial charge in [-0.3, -0.25) is 9.59 Å². The van der Waals surface area contributed by atoms with Crippen molar-refractivity contribution < 1.29 is 22.8 Å². The molecule has 11 heteroatoms. The van der Waals surface area contributed by atoms with Crippen LogP contribution < -0.4 is 10.6 Å². The van der Waals surface area contributed by atoms with E-state index in [2.05, 4.69) is 36.6 Å². The molecule has 1 amide bonds. The van der Waals surface area contributed by atoms with Gasteiger partial charge in [-0.2, -0.15) is 18.3 Å². The lowest BCUT2D eigenvalue weighted by atomic mass is 9.94. The van der Waals surface area contributed by atoms with Crippen molar-refractivity contribution in [3.8, 4) is 0 Å². The van der Waals surface area contributed by atoms with Crippen LogP contribution in [-0.2, 0) is 11.3 Å². The van der Waals surface area contributed by atoms with E-state index in [1.165, 1.54) is 30.5 Å². The molecule has 2 heterocycles. The molecule has 1 aliphatic rings. The maximum Gasteiger partial charge on any atom is 0.412 e. The molecule has 34 heavy (non-hydrogen) atoms. The third-order valence-corrected chi connectivity index (χ3v) is 6.44. The van der Waals surface area contributed by atoms with Crippen molar-refractivity contribution in [2.75, 3.05) is 5.32 Å². The van der Waals surface area contributed by atoms with Crippen LogP contribution >= 0.6 is 15.9 Å². The highest BCUT2D eigenvalue weighted by Gasteiger charge is 2.42. The average Bonchev–Trinajstić information content (AvgIpc) is 3.22. The van der Waals surface area contributed by atoms with E-state index in [0.29, 0.717) is 53.4 Å². The van der Waals surface area contributed by atoms with Crippen LogP contribution in [0.3, 0.4) is 0 Å². The van der Waals surface area contributed by atoms with Crippen molar-refractivity contribution in [2.24, 2.45) is 0 Å². The molecule has 1 fully saturated rings. The largest absolute Gasteiger partial charge is 0.412 e. The molecule has 1 atom stereocenters. The van der Waals surface area contributed by atoms with Gasteiger partial charge in [0.1, 0.15) is 5.78 Å². The SMILES string of the molecule is CCn1ncc2c(NC3CCC(=O)CC3)c(C(=O)NC(c3ccc(Br)cc3)C(F)(F)F)cnc21. The van der Waals surface area contributed by atoms with Crippen molar-refractivity contribution >= 4 is 44.3 Å². The first-order valence-electron chi connectivity index (χ1n) is 10.9. The summed E-state index contributed by atoms with van der Waals surface area (Å²) in [6.07, 6.45) is 0.116. The summed E-state index contributed by atoms with van der Waals surface area (Å²) in [5, 5.41) is 10.3. The Balaban J connectivity index is 1.70. The van der Waals surface area contributed by atoms with Crippen LogP contribution in [0.15, 0.2) is 41.1 Å². The first-order valence-corrected chi connectivity index (χ1v) is 11.7. The summed E-state index contributed by atoms with van der Waals surface area (Å²) in [6.45, 7) is 2.43. The summed E-state index contributed by atoms with van der Waals surface area (Å²) >= 11 is 3.21. The molecule has 7 nitrogen and oxygen atoms in total. The highest BCUT2D eigenvalue weighted by molar-refractivity contribution is 9.10. The van der Waals surface area contributed by atoms with Gasteiger partial charge in [0.15, 0.2) is 11.7 Å². The van der Waals surface area contributed by atoms with Crippen molar-refractivity contribution in [3.63, 3.8) is 0 Å². The number of ketones is 1. The number of halogens is 4. The fourth-order valence-electron chi connectivity index (χ4n) is 4.09. The maximum atomic E-state index is 13.9. The molecule has 2 N–H and O–H groups in total. The number of rotatable bonds is 6. The number of nitrogens with zero attached hydrogens (tertiary/aromatic N) is 3. The van der Waals surface area contributed by atoms with Crippen molar-refractivity contribution in [3.05, 3.63) is 52.3 Å². The Labute approximate surface area is 202 Å². The van der Waals surface area contributed by atoms with Gasteiger partial charge in [-0.1, -0.05) is 28.1 Å². The number of amides is 1. The highest BCUT2D eigenvalue weighted by Crippen LogP contribution is 2.35. The van der Waals surface area contributed by atoms with Crippen molar-refractivity contribution in [1.82, 2.24) is 20.1 Å². The lowest BCUT2D eigenvalue weighted by Crippen LogP contribution is -2.38. The van der Waals surface area contributed by atoms with Gasteiger partial charge in [-0.15, -0.1) is 0 Å². The lowest BCUT2D eigenvalue weighted by molar-refractivity contribution is -0.155. The van der Waals surface area contributed by atoms with Crippen molar-refractivity contribution in [1.29, 1.82) is 0 Å². The van der Waals surface area contributed by atoms with Crippen LogP contribution in [-0.4, -0.2) is 38.7 Å². The standard InChI is InChI=1S/C23H23BrF3N5O2/c1-2-32-21-17(12-29-32)19(30-15-7-9-16(33)10-8-15)18(11-28-21)22(34)31-20(23(25,26)27)13-3-5-14(24)6-4-13/h3-6,11-12,15,20H,2,7-10H2,1H3,(H,28,30)(H,31,34). The van der Waals surface area contributed by atoms with Gasteiger partial charge in [0.25, 0.3) is 5.91 Å². The summed E-state index contributed by atoms with van der Waals surface area (Å²) in [5.41, 5.74) is 0.801. The second kappa shape index (κ2) is 9.73. The number of alkyl halides is 3. The van der Waals surface area contributed by atoms with Crippen LogP contribution in [0.5, 0.6) is 0 Å². The van der Waals surface area contributed by atoms with E-state index in [-0.39, 0.29) is 23.0 Å². The Morgan fingerprint density at radius 2 is 1.88 bits per heavy atom. The number of pyridine rings is 1. The number of benzene rings is 1. The number of Topliss-reactive ketones (excluding diaryl/α,β-unsaturated/α-hetero) is 1. The number of carbonyl (C=O) groups excluding carboxylic acids is 2. The molecule has 0 radical (unpaired) electrons. The number of fused-ring (bicyclic) bond motifs is 1. The molecule has 1 aliphatic carbocycles. The zero-order valence-corrected chi connectivity index (χ0v) is 19.9. The van der Waals surface area contributed by atoms with E-state index in [1.807, 2.05) is 6.92 Å². The third-order valence-electron chi connectivity index (χ3n) is 5.91. The summed E-state index contributed by atoms with van der Waals surface area (Å²) in [6, 6.07) is 3.32. The van der Waals surface area contributed by atoms with Gasteiger partial charge in [-0.05, 0) is 37.5 Å². The first-order chi connectivity index (χ1) is 16.2. The smallest absolute Gasteiger partial charge is 0.381 e. The van der Waals surface area contributed by atoms with Gasteiger partial charge in [0.2, 0.25) is 0 Å². The van der Waals surface area contributed by atoms with Gasteiger partial charge < -0.3 is 10.6 Å². The second-order valence-electron chi connectivity index (χ2n) is 8.20. The minimum atomic E-state index is -4.70. The first kappa shape index (κ1) is 24.2. The molecule has 4 rings (SSSR count). The number of hydrogen-bond acceptors (Lipinski definition) is 5. The minimum Gasteiger partial charge on any atom is -0.381 e. The molecule has 0 spiro atoms. The molecule has 180 valence electrons. The number of nitrogens with one attached hydrogen (secondary N) is 2. The maximum absolute atomic E-state index is 13.9. The molecule has 1 aromatic carbocycles. The molecule has 1 saturated carbocycles. The monoisotopic (exact) mass is 537 g/mol. The molecular formula is C23H23BrF3N5O2. The quantitative estimate of drug-likeness (QED) is 0.452. The molecule has 1 unspecified atom stereocenters. The average molecular weight is 538 g/mol. The zero-order chi connectivity index (χ0) is 24.5. The molecule has 0 saturated heterocycles. The molecule has 0 bridgehead atoms. The molecule has 2 aromatic heterocycles. The zero-order valence-electron chi connectivity index (χ0n) is 18.3. The van der Waals surface area contributed by atoms with Crippen LogP contribution in [0.4, 0.5) is 18.9 Å². The number of aryl methyl sites for hydroxylation is 1. The normalized spacial score (nSPS) is 16.0. The number of hydrogen-bond donors (Lipinski definition) is 2. The van der Waals surface area contributed by atoms with E-state index in [0.717, 1.165) is 0 Å². The van der Waals surface area contributed by atoms with Gasteiger partial charge in [0.05, 0.1) is 22.8 Å². The van der Waals surface area contributed by atoms with Gasteiger partial charge in [-0.25, -0.2) is 9.67 Å². The fourth-order valence-corrected chi connectivity index (χ4v) is 4.36. The van der Waals surface area contributed by atoms with E-state index in [1.54, 1.807) is 10.9 Å². The van der Waals surface area contributed by atoms with E-state index in [4.69, 9.17) is 0 Å². The number of aromatic nitrogens is 3. The van der Waals surface area contributed by atoms with Gasteiger partial charge >= 0.3 is 6.18 Å². The summed E-state index contributed by atoms with van der Waals surface area (Å²) < 4.78 is 43.9. The Morgan fingerprint density at radius 3 is 2.50 bits per heavy atom. The minimum absolute atomic E-state index is 0.00795. The van der Waals surface area contributed by atoms with Crippen LogP contribution in [0.25, 0.3) is 11.0 Å². The van der Waals surface area contributed by atoms with E-state index < -0.39 is 18.1 Å². The Bertz CT molecular complexity index is 1200. The number of anilines is 1. The third kappa shape index (κ3) is 5.08. The topological polar surface area (TPSA) is 88.9 Å². The number of carbonyl (C=O) groups is 2. The van der Waals surface area contributed by atoms with Crippen LogP contribution in [0.1, 0.15) is 54.6 Å². The van der Waals surface area contributed by atoms with E-state index >= 15 is 0 Å². The Morgan fingerprint density at radius 1 is 1.21 bits per heavy atom. The second-order valence-corrected chi connectivity index (χ2v) is 9.12. The summed E-state index contributed by atoms with van der Waals surface area (Å²) in [7, 11) is 0. The fraction of sp³-hybridized carbons (Fsp3) is 0.391. The molecule has 3 aromatic rings. The lowest BCUT2D eigenvalue weighted by Gasteiger charge is -2.26. The van der Waals surface area contributed by atoms with Gasteiger partial charge in [0, 0.05) is 36.1 Å². The highest BCUT2D eigenvalue weighted by atomic mass is 79.9. The van der Waals surface area contributed by atoms with Crippen LogP contribution in [0.2, 0.25) is 0 Å². The summed E-state index contributed by atoms with van der Waals surface area (Å²) in [4.78, 5) is 29.1. The molecular weight excluding hydrogens is 515 g/mol. The van der Waals surface area contributed by atoms with Crippen molar-refractivity contribution in [2.45, 2.75) is 57.4 Å². The van der Waals surface area contributed by atoms with Crippen LogP contribution in [0, 0.1) is 0 Å². The van der Waals surface area contributed by atoms with E-state index in [9.17, 15) is 22.8 Å².